The number of benzene rings is 2. The average Bonchev–Trinajstić information content (AvgIpc) is 2.78. The number of nitrogens with one attached hydrogen (secondary N) is 2. The summed E-state index contributed by atoms with van der Waals surface area (Å²) < 4.78 is 7.37. The summed E-state index contributed by atoms with van der Waals surface area (Å²) >= 11 is 0. The van der Waals surface area contributed by atoms with Crippen LogP contribution in [0.2, 0.25) is 0 Å². The Bertz CT molecular complexity index is 1130. The molecule has 4 rings (SSSR count). The van der Waals surface area contributed by atoms with E-state index >= 15 is 0 Å². The maximum atomic E-state index is 12.9. The molecule has 1 aromatic heterocycles. The number of nitrogens with zero attached hydrogens (tertiary/aromatic N) is 3. The molecule has 2 N–H and O–H groups in total. The van der Waals surface area contributed by atoms with Gasteiger partial charge in [0, 0.05) is 27.1 Å². The summed E-state index contributed by atoms with van der Waals surface area (Å²) in [6.45, 7) is 0.691. The summed E-state index contributed by atoms with van der Waals surface area (Å²) in [6.07, 6.45) is 0.523. The minimum atomic E-state index is -0.287. The van der Waals surface area contributed by atoms with Crippen LogP contribution in [-0.2, 0) is 20.0 Å². The molecule has 1 aliphatic heterocycles. The highest BCUT2D eigenvalue weighted by Gasteiger charge is 2.26. The van der Waals surface area contributed by atoms with Gasteiger partial charge in [-0.2, -0.15) is 0 Å². The Kier molecular flexibility index (Phi) is 5.38. The van der Waals surface area contributed by atoms with E-state index in [0.29, 0.717) is 41.7 Å². The van der Waals surface area contributed by atoms with Gasteiger partial charge in [0.05, 0.1) is 23.5 Å². The maximum Gasteiger partial charge on any atom is 0.322 e. The molecule has 2 aromatic carbocycles. The number of carbonyl (C=O) groups is 1. The second-order valence-electron chi connectivity index (χ2n) is 6.99. The lowest BCUT2D eigenvalue weighted by Crippen LogP contribution is -2.42. The smallest absolute Gasteiger partial charge is 0.322 e. The Labute approximate surface area is 174 Å². The van der Waals surface area contributed by atoms with Gasteiger partial charge in [-0.15, -0.1) is 0 Å². The molecule has 8 heteroatoms. The van der Waals surface area contributed by atoms with Gasteiger partial charge in [-0.25, -0.2) is 9.78 Å². The van der Waals surface area contributed by atoms with Gasteiger partial charge < -0.3 is 20.3 Å². The molecular weight excluding hydrogens is 382 g/mol. The molecule has 0 spiro atoms. The van der Waals surface area contributed by atoms with Crippen LogP contribution >= 0.6 is 0 Å². The number of hydrogen-bond acceptors (Lipinski definition) is 5. The zero-order valence-electron chi connectivity index (χ0n) is 16.9. The molecule has 1 aliphatic rings. The van der Waals surface area contributed by atoms with E-state index in [4.69, 9.17) is 4.74 Å². The number of aromatic nitrogens is 2. The molecule has 0 saturated heterocycles. The van der Waals surface area contributed by atoms with Gasteiger partial charge in [-0.3, -0.25) is 9.36 Å². The van der Waals surface area contributed by atoms with Crippen molar-refractivity contribution in [1.29, 1.82) is 0 Å². The number of para-hydroxylation sites is 3. The number of amides is 2. The fourth-order valence-electron chi connectivity index (χ4n) is 3.43. The molecule has 0 saturated carbocycles. The average molecular weight is 405 g/mol. The van der Waals surface area contributed by atoms with Crippen LogP contribution in [0, 0.1) is 0 Å². The van der Waals surface area contributed by atoms with Crippen molar-refractivity contribution in [2.75, 3.05) is 24.2 Å². The van der Waals surface area contributed by atoms with Crippen LogP contribution < -0.4 is 20.9 Å². The molecule has 0 unspecified atom stereocenters. The normalized spacial score (nSPS) is 12.8. The number of hydrogen-bond donors (Lipinski definition) is 2. The summed E-state index contributed by atoms with van der Waals surface area (Å²) in [4.78, 5) is 31.7. The van der Waals surface area contributed by atoms with Gasteiger partial charge in [0.15, 0.2) is 5.75 Å². The Morgan fingerprint density at radius 3 is 2.60 bits per heavy atom. The fraction of sp³-hybridized carbons (Fsp3) is 0.227. The zero-order valence-corrected chi connectivity index (χ0v) is 16.9. The predicted octanol–water partition coefficient (Wildman–Crippen LogP) is 3.20. The van der Waals surface area contributed by atoms with Crippen molar-refractivity contribution in [3.63, 3.8) is 0 Å². The third kappa shape index (κ3) is 3.84. The van der Waals surface area contributed by atoms with Crippen molar-refractivity contribution >= 4 is 17.7 Å². The van der Waals surface area contributed by atoms with Gasteiger partial charge in [0.25, 0.3) is 5.56 Å². The molecule has 154 valence electrons. The van der Waals surface area contributed by atoms with Crippen LogP contribution in [0.3, 0.4) is 0 Å². The Morgan fingerprint density at radius 2 is 1.83 bits per heavy atom. The summed E-state index contributed by atoms with van der Waals surface area (Å²) in [5.74, 6) is 1.75. The minimum absolute atomic E-state index is 0.144. The fourth-order valence-corrected chi connectivity index (χ4v) is 3.43. The second-order valence-corrected chi connectivity index (χ2v) is 6.99. The standard InChI is InChI=1S/C22H23N5O3/c1-23-21-24-17-12-13-27(14-16(17)20(28)26(21)2)22(29)25-18-10-6-7-11-19(18)30-15-8-4-3-5-9-15/h3-11H,12-14H2,1-2H3,(H,23,24)(H,25,29). The third-order valence-corrected chi connectivity index (χ3v) is 5.05. The van der Waals surface area contributed by atoms with E-state index in [1.807, 2.05) is 42.5 Å². The largest absolute Gasteiger partial charge is 0.455 e. The summed E-state index contributed by atoms with van der Waals surface area (Å²) in [5, 5.41) is 5.83. The lowest BCUT2D eigenvalue weighted by atomic mass is 10.1. The van der Waals surface area contributed by atoms with Gasteiger partial charge in [0.2, 0.25) is 5.95 Å². The first-order valence-corrected chi connectivity index (χ1v) is 9.71. The third-order valence-electron chi connectivity index (χ3n) is 5.05. The van der Waals surface area contributed by atoms with Crippen LogP contribution in [0.1, 0.15) is 11.3 Å². The molecule has 2 amide bonds. The monoisotopic (exact) mass is 405 g/mol. The highest BCUT2D eigenvalue weighted by atomic mass is 16.5. The lowest BCUT2D eigenvalue weighted by Gasteiger charge is -2.29. The molecule has 0 atom stereocenters. The first kappa shape index (κ1) is 19.5. The summed E-state index contributed by atoms with van der Waals surface area (Å²) in [6, 6.07) is 16.4. The molecule has 8 nitrogen and oxygen atoms in total. The topological polar surface area (TPSA) is 88.5 Å². The van der Waals surface area contributed by atoms with Gasteiger partial charge in [-0.05, 0) is 24.3 Å². The molecule has 30 heavy (non-hydrogen) atoms. The quantitative estimate of drug-likeness (QED) is 0.696. The number of fused-ring (bicyclic) bond motifs is 1. The predicted molar refractivity (Wildman–Crippen MR) is 115 cm³/mol. The first-order valence-electron chi connectivity index (χ1n) is 9.71. The van der Waals surface area contributed by atoms with Gasteiger partial charge in [0.1, 0.15) is 5.75 Å². The number of rotatable bonds is 4. The van der Waals surface area contributed by atoms with Crippen LogP contribution in [-0.4, -0.2) is 34.1 Å². The SMILES string of the molecule is CNc1nc2c(c(=O)n1C)CN(C(=O)Nc1ccccc1Oc1ccccc1)CC2. The molecule has 0 fully saturated rings. The van der Waals surface area contributed by atoms with Crippen molar-refractivity contribution in [1.82, 2.24) is 14.5 Å². The molecule has 3 aromatic rings. The highest BCUT2D eigenvalue weighted by molar-refractivity contribution is 5.91. The number of ether oxygens (including phenoxy) is 1. The van der Waals surface area contributed by atoms with Crippen LogP contribution in [0.15, 0.2) is 59.4 Å². The van der Waals surface area contributed by atoms with Crippen LogP contribution in [0.5, 0.6) is 11.5 Å². The Morgan fingerprint density at radius 1 is 1.10 bits per heavy atom. The number of urea groups is 1. The van der Waals surface area contributed by atoms with Crippen molar-refractivity contribution in [2.24, 2.45) is 7.05 Å². The first-order chi connectivity index (χ1) is 14.6. The molecule has 0 aliphatic carbocycles. The van der Waals surface area contributed by atoms with Gasteiger partial charge >= 0.3 is 6.03 Å². The number of anilines is 2. The van der Waals surface area contributed by atoms with E-state index in [-0.39, 0.29) is 18.1 Å². The highest BCUT2D eigenvalue weighted by Crippen LogP contribution is 2.29. The van der Waals surface area contributed by atoms with E-state index in [9.17, 15) is 9.59 Å². The van der Waals surface area contributed by atoms with Gasteiger partial charge in [-0.1, -0.05) is 30.3 Å². The number of carbonyl (C=O) groups excluding carboxylic acids is 1. The van der Waals surface area contributed by atoms with Crippen LogP contribution in [0.4, 0.5) is 16.4 Å². The van der Waals surface area contributed by atoms with Crippen molar-refractivity contribution in [2.45, 2.75) is 13.0 Å². The van der Waals surface area contributed by atoms with E-state index in [2.05, 4.69) is 15.6 Å². The van der Waals surface area contributed by atoms with E-state index < -0.39 is 0 Å². The van der Waals surface area contributed by atoms with E-state index in [1.54, 1.807) is 31.1 Å². The van der Waals surface area contributed by atoms with Crippen molar-refractivity contribution in [3.05, 3.63) is 76.2 Å². The summed E-state index contributed by atoms with van der Waals surface area (Å²) in [5.41, 5.74) is 1.70. The minimum Gasteiger partial charge on any atom is -0.455 e. The maximum absolute atomic E-state index is 12.9. The zero-order chi connectivity index (χ0) is 21.1. The van der Waals surface area contributed by atoms with E-state index in [1.165, 1.54) is 4.57 Å². The summed E-state index contributed by atoms with van der Waals surface area (Å²) in [7, 11) is 3.39. The van der Waals surface area contributed by atoms with Crippen molar-refractivity contribution in [3.8, 4) is 11.5 Å². The second kappa shape index (κ2) is 8.28. The molecular formula is C22H23N5O3. The van der Waals surface area contributed by atoms with Crippen LogP contribution in [0.25, 0.3) is 0 Å². The lowest BCUT2D eigenvalue weighted by molar-refractivity contribution is 0.205. The Hall–Kier alpha value is -3.81. The van der Waals surface area contributed by atoms with Crippen molar-refractivity contribution < 1.29 is 9.53 Å². The molecule has 0 radical (unpaired) electrons. The Balaban J connectivity index is 1.52. The molecule has 0 bridgehead atoms. The molecule has 2 heterocycles. The van der Waals surface area contributed by atoms with E-state index in [0.717, 1.165) is 5.69 Å².